The van der Waals surface area contributed by atoms with Crippen LogP contribution in [0.3, 0.4) is 0 Å². The molecule has 0 saturated carbocycles. The van der Waals surface area contributed by atoms with E-state index in [9.17, 15) is 14.4 Å². The Morgan fingerprint density at radius 3 is 1.97 bits per heavy atom. The van der Waals surface area contributed by atoms with Gasteiger partial charge < -0.3 is 28.2 Å². The molecule has 9 nitrogen and oxygen atoms in total. The molecule has 0 N–H and O–H groups in total. The van der Waals surface area contributed by atoms with E-state index in [1.165, 1.54) is 0 Å². The van der Waals surface area contributed by atoms with Gasteiger partial charge in [0.1, 0.15) is 6.54 Å². The van der Waals surface area contributed by atoms with Crippen LogP contribution in [0.5, 0.6) is 0 Å². The van der Waals surface area contributed by atoms with E-state index in [0.29, 0.717) is 36.9 Å². The fourth-order valence-corrected chi connectivity index (χ4v) is 3.68. The van der Waals surface area contributed by atoms with E-state index in [4.69, 9.17) is 30.1 Å². The number of hydrogen-bond acceptors (Lipinski definition) is 8. The Morgan fingerprint density at radius 1 is 0.886 bits per heavy atom. The first kappa shape index (κ1) is 30.9. The molecule has 0 aromatic rings. The van der Waals surface area contributed by atoms with Crippen molar-refractivity contribution in [2.45, 2.75) is 96.7 Å². The minimum Gasteiger partial charge on any atom is -0.456 e. The number of nitrogens with zero attached hydrogens (tertiary/aromatic N) is 1. The van der Waals surface area contributed by atoms with Crippen molar-refractivity contribution >= 4 is 17.9 Å². The average molecular weight is 499 g/mol. The summed E-state index contributed by atoms with van der Waals surface area (Å²) in [4.78, 5) is 37.0. The van der Waals surface area contributed by atoms with Crippen LogP contribution in [0.1, 0.15) is 72.1 Å². The van der Waals surface area contributed by atoms with Crippen molar-refractivity contribution in [3.63, 3.8) is 0 Å². The number of unbranched alkanes of at least 4 members (excludes halogenated alkanes) is 1. The molecule has 1 rings (SSSR count). The van der Waals surface area contributed by atoms with Crippen molar-refractivity contribution in [1.82, 2.24) is 0 Å². The van der Waals surface area contributed by atoms with E-state index >= 15 is 0 Å². The normalized spacial score (nSPS) is 22.2. The van der Waals surface area contributed by atoms with E-state index in [2.05, 4.69) is 20.0 Å². The summed E-state index contributed by atoms with van der Waals surface area (Å²) >= 11 is 0. The molecule has 0 spiro atoms. The highest BCUT2D eigenvalue weighted by Gasteiger charge is 2.48. The Bertz CT molecular complexity index is 702. The second-order valence-electron chi connectivity index (χ2n) is 9.49. The number of quaternary nitrogens is 1. The van der Waals surface area contributed by atoms with E-state index in [1.807, 2.05) is 20.8 Å². The molecule has 0 bridgehead atoms. The maximum Gasteiger partial charge on any atom is 0.306 e. The fraction of sp³-hybridized carbons (Fsp3) is 0.808. The highest BCUT2D eigenvalue weighted by molar-refractivity contribution is 5.71. The van der Waals surface area contributed by atoms with Crippen LogP contribution in [0.2, 0.25) is 0 Å². The summed E-state index contributed by atoms with van der Waals surface area (Å²) in [5.41, 5.74) is 0. The van der Waals surface area contributed by atoms with Crippen molar-refractivity contribution in [3.05, 3.63) is 0 Å². The predicted octanol–water partition coefficient (Wildman–Crippen LogP) is 2.98. The van der Waals surface area contributed by atoms with E-state index in [0.717, 1.165) is 19.4 Å². The van der Waals surface area contributed by atoms with Gasteiger partial charge in [-0.2, -0.15) is 0 Å². The van der Waals surface area contributed by atoms with Gasteiger partial charge in [-0.3, -0.25) is 14.4 Å². The summed E-state index contributed by atoms with van der Waals surface area (Å²) in [6, 6.07) is 0. The summed E-state index contributed by atoms with van der Waals surface area (Å²) in [5, 5.41) is 0. The first-order valence-corrected chi connectivity index (χ1v) is 12.7. The zero-order valence-corrected chi connectivity index (χ0v) is 22.1. The Labute approximate surface area is 210 Å². The zero-order valence-electron chi connectivity index (χ0n) is 22.1. The SMILES string of the molecule is C#CC[N+](C)(C)CCCCO[C@@H]1OC[C@H](OC(=O)CCC)C(OC(=O)CCC)[C@H]1OC(=O)CCC. The zero-order chi connectivity index (χ0) is 26.3. The Morgan fingerprint density at radius 2 is 1.43 bits per heavy atom. The maximum atomic E-state index is 12.4. The molecule has 200 valence electrons. The van der Waals surface area contributed by atoms with E-state index in [-0.39, 0.29) is 25.9 Å². The second-order valence-corrected chi connectivity index (χ2v) is 9.49. The molecule has 1 aliphatic heterocycles. The Kier molecular flexibility index (Phi) is 14.6. The molecule has 1 saturated heterocycles. The lowest BCUT2D eigenvalue weighted by atomic mass is 10.0. The van der Waals surface area contributed by atoms with Crippen molar-refractivity contribution in [3.8, 4) is 12.3 Å². The van der Waals surface area contributed by atoms with Gasteiger partial charge in [-0.25, -0.2) is 0 Å². The summed E-state index contributed by atoms with van der Waals surface area (Å²) in [6.45, 7) is 7.45. The minimum atomic E-state index is -1.04. The maximum absolute atomic E-state index is 12.4. The molecule has 0 radical (unpaired) electrons. The number of rotatable bonds is 16. The van der Waals surface area contributed by atoms with Crippen LogP contribution < -0.4 is 0 Å². The molecule has 1 aliphatic rings. The quantitative estimate of drug-likeness (QED) is 0.105. The van der Waals surface area contributed by atoms with Crippen LogP contribution in [-0.2, 0) is 38.1 Å². The molecule has 35 heavy (non-hydrogen) atoms. The molecular formula is C26H44NO8+. The molecule has 1 heterocycles. The van der Waals surface area contributed by atoms with Gasteiger partial charge in [-0.1, -0.05) is 20.8 Å². The molecule has 0 aromatic heterocycles. The van der Waals surface area contributed by atoms with Crippen molar-refractivity contribution < 1.29 is 42.6 Å². The van der Waals surface area contributed by atoms with Gasteiger partial charge in [0.05, 0.1) is 33.9 Å². The van der Waals surface area contributed by atoms with Crippen LogP contribution in [0.15, 0.2) is 0 Å². The lowest BCUT2D eigenvalue weighted by Crippen LogP contribution is -2.58. The van der Waals surface area contributed by atoms with E-state index in [1.54, 1.807) is 0 Å². The number of terminal acetylenes is 1. The number of hydrogen-bond donors (Lipinski definition) is 0. The Balaban J connectivity index is 2.94. The van der Waals surface area contributed by atoms with Crippen molar-refractivity contribution in [2.75, 3.05) is 40.4 Å². The fourth-order valence-electron chi connectivity index (χ4n) is 3.68. The van der Waals surface area contributed by atoms with Crippen LogP contribution in [0.25, 0.3) is 0 Å². The van der Waals surface area contributed by atoms with Gasteiger partial charge in [0.25, 0.3) is 0 Å². The molecule has 0 aliphatic carbocycles. The first-order valence-electron chi connectivity index (χ1n) is 12.7. The highest BCUT2D eigenvalue weighted by atomic mass is 16.7. The van der Waals surface area contributed by atoms with Gasteiger partial charge >= 0.3 is 17.9 Å². The van der Waals surface area contributed by atoms with E-state index < -0.39 is 42.5 Å². The molecule has 1 fully saturated rings. The van der Waals surface area contributed by atoms with Gasteiger partial charge in [-0.15, -0.1) is 6.42 Å². The minimum absolute atomic E-state index is 0.0297. The summed E-state index contributed by atoms with van der Waals surface area (Å²) in [7, 11) is 4.15. The number of esters is 3. The summed E-state index contributed by atoms with van der Waals surface area (Å²) in [5.74, 6) is 1.34. The molecule has 1 unspecified atom stereocenters. The summed E-state index contributed by atoms with van der Waals surface area (Å²) in [6.07, 6.45) is 5.59. The van der Waals surface area contributed by atoms with Gasteiger partial charge in [0.2, 0.25) is 0 Å². The third-order valence-corrected chi connectivity index (χ3v) is 5.52. The molecule has 4 atom stereocenters. The van der Waals surface area contributed by atoms with Gasteiger partial charge in [0, 0.05) is 19.3 Å². The number of carbonyl (C=O) groups excluding carboxylic acids is 3. The monoisotopic (exact) mass is 498 g/mol. The number of ether oxygens (including phenoxy) is 5. The topological polar surface area (TPSA) is 97.4 Å². The molecule has 9 heteroatoms. The number of carbonyl (C=O) groups is 3. The van der Waals surface area contributed by atoms with Crippen LogP contribution in [-0.4, -0.2) is 87.4 Å². The summed E-state index contributed by atoms with van der Waals surface area (Å²) < 4.78 is 29.4. The van der Waals surface area contributed by atoms with Gasteiger partial charge in [0.15, 0.2) is 24.6 Å². The lowest BCUT2D eigenvalue weighted by molar-refractivity contribution is -0.883. The third-order valence-electron chi connectivity index (χ3n) is 5.52. The first-order chi connectivity index (χ1) is 16.7. The van der Waals surface area contributed by atoms with Gasteiger partial charge in [-0.05, 0) is 38.0 Å². The molecule has 0 amide bonds. The van der Waals surface area contributed by atoms with Crippen molar-refractivity contribution in [1.29, 1.82) is 0 Å². The lowest BCUT2D eigenvalue weighted by Gasteiger charge is -2.40. The average Bonchev–Trinajstić information content (AvgIpc) is 2.77. The van der Waals surface area contributed by atoms with Crippen molar-refractivity contribution in [2.24, 2.45) is 0 Å². The van der Waals surface area contributed by atoms with Crippen LogP contribution in [0, 0.1) is 12.3 Å². The third kappa shape index (κ3) is 11.9. The highest BCUT2D eigenvalue weighted by Crippen LogP contribution is 2.26. The van der Waals surface area contributed by atoms with Crippen LogP contribution >= 0.6 is 0 Å². The second kappa shape index (κ2) is 16.5. The standard InChI is InChI=1S/C26H44NO8/c1-7-13-21(28)33-20-19-32-26(31-18-12-11-17-27(5,6)16-10-4)25(35-23(30)15-9-3)24(20)34-22(29)14-8-2/h4,20,24-26H,7-9,11-19H2,1-3,5-6H3/q+1/t20-,24?,25+,26+/m0/s1. The molecular weight excluding hydrogens is 454 g/mol. The predicted molar refractivity (Wildman–Crippen MR) is 130 cm³/mol. The van der Waals surface area contributed by atoms with Crippen LogP contribution in [0.4, 0.5) is 0 Å². The smallest absolute Gasteiger partial charge is 0.306 e. The largest absolute Gasteiger partial charge is 0.456 e. The Hall–Kier alpha value is -2.15. The molecule has 0 aromatic carbocycles.